The summed E-state index contributed by atoms with van der Waals surface area (Å²) in [6.07, 6.45) is 1.52. The number of nitrogens with zero attached hydrogens (tertiary/aromatic N) is 1. The van der Waals surface area contributed by atoms with Crippen LogP contribution in [0.15, 0.2) is 71.8 Å². The van der Waals surface area contributed by atoms with Gasteiger partial charge in [0.2, 0.25) is 0 Å². The molecule has 0 radical (unpaired) electrons. The first-order chi connectivity index (χ1) is 15.5. The smallest absolute Gasteiger partial charge is 0.277 e. The first-order valence-corrected chi connectivity index (χ1v) is 10.1. The Bertz CT molecular complexity index is 1110. The molecule has 0 bridgehead atoms. The maximum Gasteiger partial charge on any atom is 0.277 e. The highest BCUT2D eigenvalue weighted by molar-refractivity contribution is 6.31. The molecule has 3 rings (SSSR count). The number of hydrazone groups is 1. The van der Waals surface area contributed by atoms with E-state index in [1.54, 1.807) is 61.7 Å². The van der Waals surface area contributed by atoms with Gasteiger partial charge in [-0.15, -0.1) is 0 Å². The SMILES string of the molecule is COc1ccc(/C=N/NC(=O)COc2ccc(C(=O)Nc3cccc(Cl)c3C)cc2)cc1. The lowest BCUT2D eigenvalue weighted by molar-refractivity contribution is -0.123. The number of benzene rings is 3. The normalized spacial score (nSPS) is 10.6. The van der Waals surface area contributed by atoms with Gasteiger partial charge in [0.05, 0.1) is 13.3 Å². The van der Waals surface area contributed by atoms with Crippen LogP contribution in [0.2, 0.25) is 5.02 Å². The largest absolute Gasteiger partial charge is 0.497 e. The second kappa shape index (κ2) is 11.0. The van der Waals surface area contributed by atoms with Gasteiger partial charge in [0, 0.05) is 16.3 Å². The number of hydrogen-bond donors (Lipinski definition) is 2. The second-order valence-corrected chi connectivity index (χ2v) is 7.15. The van der Waals surface area contributed by atoms with Gasteiger partial charge >= 0.3 is 0 Å². The van der Waals surface area contributed by atoms with Crippen molar-refractivity contribution in [3.8, 4) is 11.5 Å². The van der Waals surface area contributed by atoms with Crippen LogP contribution in [0.3, 0.4) is 0 Å². The van der Waals surface area contributed by atoms with E-state index in [0.29, 0.717) is 22.0 Å². The fourth-order valence-corrected chi connectivity index (χ4v) is 2.86. The molecule has 3 aromatic rings. The Kier molecular flexibility index (Phi) is 7.83. The number of nitrogens with one attached hydrogen (secondary N) is 2. The summed E-state index contributed by atoms with van der Waals surface area (Å²) in [6.45, 7) is 1.62. The molecule has 2 amide bonds. The molecule has 32 heavy (non-hydrogen) atoms. The minimum atomic E-state index is -0.409. The Hall–Kier alpha value is -3.84. The number of anilines is 1. The second-order valence-electron chi connectivity index (χ2n) is 6.75. The molecule has 0 fully saturated rings. The van der Waals surface area contributed by atoms with Gasteiger partial charge in [0.25, 0.3) is 11.8 Å². The van der Waals surface area contributed by atoms with E-state index in [4.69, 9.17) is 21.1 Å². The number of methoxy groups -OCH3 is 1. The summed E-state index contributed by atoms with van der Waals surface area (Å²) in [6, 6.07) is 19.0. The summed E-state index contributed by atoms with van der Waals surface area (Å²) >= 11 is 6.08. The van der Waals surface area contributed by atoms with Crippen LogP contribution in [0.25, 0.3) is 0 Å². The number of hydrogen-bond acceptors (Lipinski definition) is 5. The molecular formula is C24H22ClN3O4. The average molecular weight is 452 g/mol. The first kappa shape index (κ1) is 22.8. The van der Waals surface area contributed by atoms with Gasteiger partial charge in [-0.05, 0) is 78.7 Å². The summed E-state index contributed by atoms with van der Waals surface area (Å²) < 4.78 is 10.5. The molecule has 0 atom stereocenters. The van der Waals surface area contributed by atoms with Crippen LogP contribution < -0.4 is 20.2 Å². The molecule has 0 unspecified atom stereocenters. The zero-order chi connectivity index (χ0) is 22.9. The monoisotopic (exact) mass is 451 g/mol. The van der Waals surface area contributed by atoms with Crippen molar-refractivity contribution in [2.24, 2.45) is 5.10 Å². The Morgan fingerprint density at radius 2 is 1.69 bits per heavy atom. The van der Waals surface area contributed by atoms with E-state index in [1.807, 2.05) is 19.1 Å². The number of carbonyl (C=O) groups is 2. The molecule has 0 heterocycles. The minimum Gasteiger partial charge on any atom is -0.497 e. The highest BCUT2D eigenvalue weighted by Gasteiger charge is 2.10. The molecule has 0 aliphatic carbocycles. The third-order valence-electron chi connectivity index (χ3n) is 4.52. The van der Waals surface area contributed by atoms with Gasteiger partial charge in [-0.25, -0.2) is 5.43 Å². The topological polar surface area (TPSA) is 89.0 Å². The molecule has 7 nitrogen and oxygen atoms in total. The lowest BCUT2D eigenvalue weighted by atomic mass is 10.1. The van der Waals surface area contributed by atoms with Gasteiger partial charge in [-0.3, -0.25) is 9.59 Å². The molecule has 8 heteroatoms. The maximum absolute atomic E-state index is 12.4. The van der Waals surface area contributed by atoms with Crippen molar-refractivity contribution in [1.29, 1.82) is 0 Å². The fraction of sp³-hybridized carbons (Fsp3) is 0.125. The van der Waals surface area contributed by atoms with Gasteiger partial charge in [-0.2, -0.15) is 5.10 Å². The van der Waals surface area contributed by atoms with E-state index in [-0.39, 0.29) is 12.5 Å². The molecule has 0 aliphatic heterocycles. The Labute approximate surface area is 191 Å². The molecule has 0 aliphatic rings. The summed E-state index contributed by atoms with van der Waals surface area (Å²) in [7, 11) is 1.59. The summed E-state index contributed by atoms with van der Waals surface area (Å²) in [5.41, 5.74) is 5.10. The molecule has 0 aromatic heterocycles. The number of amides is 2. The predicted octanol–water partition coefficient (Wildman–Crippen LogP) is 4.44. The fourth-order valence-electron chi connectivity index (χ4n) is 2.69. The molecule has 2 N–H and O–H groups in total. The Morgan fingerprint density at radius 1 is 1.00 bits per heavy atom. The van der Waals surface area contributed by atoms with Crippen molar-refractivity contribution in [2.75, 3.05) is 19.0 Å². The first-order valence-electron chi connectivity index (χ1n) is 9.71. The highest BCUT2D eigenvalue weighted by atomic mass is 35.5. The maximum atomic E-state index is 12.4. The van der Waals surface area contributed by atoms with E-state index in [9.17, 15) is 9.59 Å². The van der Waals surface area contributed by atoms with Crippen molar-refractivity contribution in [2.45, 2.75) is 6.92 Å². The van der Waals surface area contributed by atoms with Crippen molar-refractivity contribution in [3.63, 3.8) is 0 Å². The van der Waals surface area contributed by atoms with Gasteiger partial charge in [0.1, 0.15) is 11.5 Å². The van der Waals surface area contributed by atoms with Crippen LogP contribution in [0.4, 0.5) is 5.69 Å². The number of ether oxygens (including phenoxy) is 2. The van der Waals surface area contributed by atoms with Crippen molar-refractivity contribution >= 4 is 35.3 Å². The summed E-state index contributed by atoms with van der Waals surface area (Å²) in [5.74, 6) is 0.512. The number of carbonyl (C=O) groups excluding carboxylic acids is 2. The summed E-state index contributed by atoms with van der Waals surface area (Å²) in [5, 5.41) is 7.30. The van der Waals surface area contributed by atoms with E-state index < -0.39 is 5.91 Å². The third kappa shape index (κ3) is 6.33. The van der Waals surface area contributed by atoms with E-state index >= 15 is 0 Å². The van der Waals surface area contributed by atoms with Crippen LogP contribution in [-0.2, 0) is 4.79 Å². The molecule has 164 valence electrons. The van der Waals surface area contributed by atoms with Crippen LogP contribution in [0.5, 0.6) is 11.5 Å². The van der Waals surface area contributed by atoms with E-state index in [0.717, 1.165) is 16.9 Å². The third-order valence-corrected chi connectivity index (χ3v) is 4.93. The Balaban J connectivity index is 1.47. The lowest BCUT2D eigenvalue weighted by Gasteiger charge is -2.10. The highest BCUT2D eigenvalue weighted by Crippen LogP contribution is 2.23. The van der Waals surface area contributed by atoms with Crippen LogP contribution in [0, 0.1) is 6.92 Å². The van der Waals surface area contributed by atoms with E-state index in [1.165, 1.54) is 6.21 Å². The van der Waals surface area contributed by atoms with Gasteiger partial charge < -0.3 is 14.8 Å². The molecular weight excluding hydrogens is 430 g/mol. The quantitative estimate of drug-likeness (QED) is 0.391. The predicted molar refractivity (Wildman–Crippen MR) is 125 cm³/mol. The zero-order valence-electron chi connectivity index (χ0n) is 17.6. The van der Waals surface area contributed by atoms with Crippen LogP contribution in [0.1, 0.15) is 21.5 Å². The zero-order valence-corrected chi connectivity index (χ0v) is 18.3. The molecule has 0 saturated carbocycles. The number of halogens is 1. The molecule has 0 spiro atoms. The van der Waals surface area contributed by atoms with Crippen LogP contribution in [-0.4, -0.2) is 31.7 Å². The average Bonchev–Trinajstić information content (AvgIpc) is 2.81. The van der Waals surface area contributed by atoms with Crippen molar-refractivity contribution in [3.05, 3.63) is 88.4 Å². The Morgan fingerprint density at radius 3 is 2.38 bits per heavy atom. The minimum absolute atomic E-state index is 0.215. The van der Waals surface area contributed by atoms with Crippen molar-refractivity contribution in [1.82, 2.24) is 5.43 Å². The standard InChI is InChI=1S/C24H22ClN3O4/c1-16-21(25)4-3-5-22(16)27-24(30)18-8-12-20(13-9-18)32-15-23(29)28-26-14-17-6-10-19(31-2)11-7-17/h3-14H,15H2,1-2H3,(H,27,30)(H,28,29)/b26-14+. The van der Waals surface area contributed by atoms with Crippen molar-refractivity contribution < 1.29 is 19.1 Å². The number of rotatable bonds is 8. The van der Waals surface area contributed by atoms with Gasteiger partial charge in [0.15, 0.2) is 6.61 Å². The molecule has 0 saturated heterocycles. The lowest BCUT2D eigenvalue weighted by Crippen LogP contribution is -2.24. The summed E-state index contributed by atoms with van der Waals surface area (Å²) in [4.78, 5) is 24.3. The van der Waals surface area contributed by atoms with E-state index in [2.05, 4.69) is 15.8 Å². The van der Waals surface area contributed by atoms with Crippen LogP contribution >= 0.6 is 11.6 Å². The molecule has 3 aromatic carbocycles. The van der Waals surface area contributed by atoms with Gasteiger partial charge in [-0.1, -0.05) is 17.7 Å².